The van der Waals surface area contributed by atoms with Gasteiger partial charge in [0.2, 0.25) is 0 Å². The van der Waals surface area contributed by atoms with Crippen molar-refractivity contribution in [1.29, 1.82) is 0 Å². The van der Waals surface area contributed by atoms with E-state index >= 15 is 0 Å². The Kier molecular flexibility index (Phi) is 4.46. The molecular formula is C44H21N3O2S. The molecule has 230 valence electrons. The molecule has 13 rings (SSSR count). The summed E-state index contributed by atoms with van der Waals surface area (Å²) in [6.07, 6.45) is 0. The molecule has 5 aromatic heterocycles. The van der Waals surface area contributed by atoms with E-state index < -0.39 is 0 Å². The maximum Gasteiger partial charge on any atom is 0.166 e. The average molecular weight is 656 g/mol. The Hall–Kier alpha value is -6.50. The summed E-state index contributed by atoms with van der Waals surface area (Å²) in [5.74, 6) is 0.806. The highest BCUT2D eigenvalue weighted by Gasteiger charge is 2.28. The van der Waals surface area contributed by atoms with Crippen LogP contribution in [0.1, 0.15) is 0 Å². The van der Waals surface area contributed by atoms with Crippen molar-refractivity contribution >= 4 is 108 Å². The third-order valence-corrected chi connectivity index (χ3v) is 11.8. The van der Waals surface area contributed by atoms with Gasteiger partial charge in [0.15, 0.2) is 5.82 Å². The van der Waals surface area contributed by atoms with Crippen molar-refractivity contribution in [1.82, 2.24) is 14.5 Å². The lowest BCUT2D eigenvalue weighted by atomic mass is 9.95. The molecule has 0 radical (unpaired) electrons. The van der Waals surface area contributed by atoms with Gasteiger partial charge in [0.25, 0.3) is 0 Å². The number of rotatable bonds is 2. The van der Waals surface area contributed by atoms with Crippen LogP contribution in [0.5, 0.6) is 0 Å². The number of hydrogen-bond donors (Lipinski definition) is 0. The highest BCUT2D eigenvalue weighted by Crippen LogP contribution is 2.51. The SMILES string of the molecule is c1cc2c3c(c1)ccc1c3c3c4c(ccc3n1-c1nc3sc5ccccc5c3nc1-c1ccc3oc5ccccc5c3c1)oc1cccc-2c14. The lowest BCUT2D eigenvalue weighted by molar-refractivity contribution is 0.668. The molecule has 6 heteroatoms. The highest BCUT2D eigenvalue weighted by molar-refractivity contribution is 7.25. The summed E-state index contributed by atoms with van der Waals surface area (Å²) < 4.78 is 16.3. The third-order valence-electron chi connectivity index (χ3n) is 10.7. The van der Waals surface area contributed by atoms with E-state index in [9.17, 15) is 0 Å². The van der Waals surface area contributed by atoms with Gasteiger partial charge >= 0.3 is 0 Å². The molecule has 1 aliphatic rings. The molecule has 0 aliphatic heterocycles. The van der Waals surface area contributed by atoms with Crippen LogP contribution in [-0.4, -0.2) is 14.5 Å². The van der Waals surface area contributed by atoms with Gasteiger partial charge in [-0.1, -0.05) is 72.8 Å². The van der Waals surface area contributed by atoms with Crippen molar-refractivity contribution < 1.29 is 8.83 Å². The van der Waals surface area contributed by atoms with Gasteiger partial charge in [-0.3, -0.25) is 4.57 Å². The molecule has 0 atom stereocenters. The summed E-state index contributed by atoms with van der Waals surface area (Å²) in [6, 6.07) is 45.0. The van der Waals surface area contributed by atoms with Gasteiger partial charge in [0.1, 0.15) is 38.4 Å². The summed E-state index contributed by atoms with van der Waals surface area (Å²) in [5.41, 5.74) is 10.9. The molecule has 12 aromatic rings. The minimum atomic E-state index is 0.806. The Morgan fingerprint density at radius 2 is 1.20 bits per heavy atom. The summed E-state index contributed by atoms with van der Waals surface area (Å²) in [5, 5.41) is 10.5. The van der Waals surface area contributed by atoms with Crippen molar-refractivity contribution in [2.75, 3.05) is 0 Å². The van der Waals surface area contributed by atoms with Crippen molar-refractivity contribution in [3.05, 3.63) is 127 Å². The smallest absolute Gasteiger partial charge is 0.166 e. The Balaban J connectivity index is 1.24. The molecule has 0 saturated heterocycles. The Bertz CT molecular complexity index is 3510. The van der Waals surface area contributed by atoms with Crippen LogP contribution in [0.25, 0.3) is 125 Å². The summed E-state index contributed by atoms with van der Waals surface area (Å²) in [6.45, 7) is 0. The molecule has 0 saturated carbocycles. The molecule has 0 fully saturated rings. The molecule has 0 bridgehead atoms. The number of thiophene rings is 1. The van der Waals surface area contributed by atoms with E-state index in [0.717, 1.165) is 82.3 Å². The molecule has 1 aliphatic carbocycles. The second-order valence-electron chi connectivity index (χ2n) is 13.3. The Morgan fingerprint density at radius 1 is 0.500 bits per heavy atom. The van der Waals surface area contributed by atoms with Crippen molar-refractivity contribution in [2.24, 2.45) is 0 Å². The van der Waals surface area contributed by atoms with Crippen molar-refractivity contribution in [3.8, 4) is 28.2 Å². The number of fused-ring (bicyclic) bond motifs is 7. The fourth-order valence-electron chi connectivity index (χ4n) is 8.69. The van der Waals surface area contributed by atoms with E-state index in [-0.39, 0.29) is 0 Å². The van der Waals surface area contributed by atoms with Crippen LogP contribution < -0.4 is 0 Å². The largest absolute Gasteiger partial charge is 0.456 e. The first kappa shape index (κ1) is 25.5. The summed E-state index contributed by atoms with van der Waals surface area (Å²) >= 11 is 1.69. The van der Waals surface area contributed by atoms with Gasteiger partial charge in [0.05, 0.1) is 11.0 Å². The Morgan fingerprint density at radius 3 is 2.14 bits per heavy atom. The first-order valence-corrected chi connectivity index (χ1v) is 17.6. The molecular weight excluding hydrogens is 635 g/mol. The molecule has 0 N–H and O–H groups in total. The van der Waals surface area contributed by atoms with E-state index in [1.54, 1.807) is 11.3 Å². The van der Waals surface area contributed by atoms with Crippen molar-refractivity contribution in [3.63, 3.8) is 0 Å². The maximum absolute atomic E-state index is 6.54. The zero-order chi connectivity index (χ0) is 32.2. The van der Waals surface area contributed by atoms with Crippen LogP contribution in [0, 0.1) is 0 Å². The number of para-hydroxylation sites is 1. The fourth-order valence-corrected chi connectivity index (χ4v) is 9.70. The minimum absolute atomic E-state index is 0.806. The Labute approximate surface area is 286 Å². The van der Waals surface area contributed by atoms with Crippen molar-refractivity contribution in [2.45, 2.75) is 0 Å². The molecule has 0 spiro atoms. The predicted molar refractivity (Wildman–Crippen MR) is 206 cm³/mol. The zero-order valence-electron chi connectivity index (χ0n) is 26.2. The summed E-state index contributed by atoms with van der Waals surface area (Å²) in [4.78, 5) is 12.0. The van der Waals surface area contributed by atoms with E-state index in [0.29, 0.717) is 0 Å². The van der Waals surface area contributed by atoms with Crippen LogP contribution >= 0.6 is 11.3 Å². The topological polar surface area (TPSA) is 57.0 Å². The first-order chi connectivity index (χ1) is 24.8. The minimum Gasteiger partial charge on any atom is -0.456 e. The normalized spacial score (nSPS) is 12.8. The molecule has 0 unspecified atom stereocenters. The maximum atomic E-state index is 6.54. The van der Waals surface area contributed by atoms with Gasteiger partial charge in [0, 0.05) is 48.0 Å². The molecule has 7 aromatic carbocycles. The van der Waals surface area contributed by atoms with Crippen LogP contribution in [0.15, 0.2) is 136 Å². The highest BCUT2D eigenvalue weighted by atomic mass is 32.1. The lowest BCUT2D eigenvalue weighted by Crippen LogP contribution is -2.03. The standard InChI is InChI=1S/C44H21N3O2S/c1-3-12-31-24(8-1)28-21-23(16-19-32(28)48-31)41-43(46-44-42(45-41)27-9-2-4-14-35(27)50-44)47-29-17-15-22-7-5-10-25-26-11-6-13-33-37(26)40-34(49-33)20-18-30(47)39(40)38(29)36(22)25/h1-21H. The summed E-state index contributed by atoms with van der Waals surface area (Å²) in [7, 11) is 0. The number of furan rings is 2. The monoisotopic (exact) mass is 655 g/mol. The van der Waals surface area contributed by atoms with Gasteiger partial charge in [-0.05, 0) is 76.5 Å². The van der Waals surface area contributed by atoms with Crippen LogP contribution in [0.4, 0.5) is 0 Å². The molecule has 5 heterocycles. The van der Waals surface area contributed by atoms with E-state index in [1.807, 2.05) is 12.1 Å². The quantitative estimate of drug-likeness (QED) is 0.186. The lowest BCUT2D eigenvalue weighted by Gasteiger charge is -2.14. The molecule has 5 nitrogen and oxygen atoms in total. The third kappa shape index (κ3) is 3.01. The van der Waals surface area contributed by atoms with Crippen LogP contribution in [0.3, 0.4) is 0 Å². The average Bonchev–Trinajstić information content (AvgIpc) is 3.89. The van der Waals surface area contributed by atoms with Gasteiger partial charge in [-0.25, -0.2) is 9.97 Å². The van der Waals surface area contributed by atoms with Gasteiger partial charge < -0.3 is 8.83 Å². The van der Waals surface area contributed by atoms with E-state index in [4.69, 9.17) is 18.8 Å². The van der Waals surface area contributed by atoms with E-state index in [2.05, 4.69) is 120 Å². The predicted octanol–water partition coefficient (Wildman–Crippen LogP) is 12.5. The zero-order valence-corrected chi connectivity index (χ0v) is 27.0. The van der Waals surface area contributed by atoms with Gasteiger partial charge in [-0.15, -0.1) is 11.3 Å². The first-order valence-electron chi connectivity index (χ1n) is 16.7. The number of hydrogen-bond acceptors (Lipinski definition) is 5. The van der Waals surface area contributed by atoms with E-state index in [1.165, 1.54) is 42.8 Å². The molecule has 0 amide bonds. The fraction of sp³-hybridized carbons (Fsp3) is 0. The van der Waals surface area contributed by atoms with Crippen LogP contribution in [0.2, 0.25) is 0 Å². The molecule has 50 heavy (non-hydrogen) atoms. The number of nitrogens with zero attached hydrogens (tertiary/aromatic N) is 3. The number of aromatic nitrogens is 3. The second-order valence-corrected chi connectivity index (χ2v) is 14.3. The second kappa shape index (κ2) is 8.74. The van der Waals surface area contributed by atoms with Crippen LogP contribution in [-0.2, 0) is 0 Å². The van der Waals surface area contributed by atoms with Gasteiger partial charge in [-0.2, -0.15) is 0 Å². The number of benzene rings is 7.